The summed E-state index contributed by atoms with van der Waals surface area (Å²) in [5.41, 5.74) is 6.47. The van der Waals surface area contributed by atoms with Crippen molar-refractivity contribution in [1.29, 1.82) is 0 Å². The molecule has 4 heteroatoms. The number of carbonyl (C=O) groups excluding carboxylic acids is 1. The molecule has 0 bridgehead atoms. The number of nitrogens with two attached hydrogens (primary N) is 1. The summed E-state index contributed by atoms with van der Waals surface area (Å²) in [7, 11) is 0. The molecule has 1 aromatic rings. The van der Waals surface area contributed by atoms with Gasteiger partial charge in [0.2, 0.25) is 5.91 Å². The third-order valence-electron chi connectivity index (χ3n) is 2.99. The van der Waals surface area contributed by atoms with Crippen LogP contribution < -0.4 is 11.1 Å². The van der Waals surface area contributed by atoms with Crippen LogP contribution in [0.2, 0.25) is 0 Å². The molecule has 0 aliphatic heterocycles. The van der Waals surface area contributed by atoms with Crippen molar-refractivity contribution in [3.63, 3.8) is 0 Å². The normalized spacial score (nSPS) is 13.2. The zero-order valence-corrected chi connectivity index (χ0v) is 12.8. The highest BCUT2D eigenvalue weighted by atomic mass is 79.9. The van der Waals surface area contributed by atoms with Gasteiger partial charge in [-0.1, -0.05) is 35.0 Å². The van der Waals surface area contributed by atoms with Crippen molar-refractivity contribution in [2.75, 3.05) is 0 Å². The first-order valence-electron chi connectivity index (χ1n) is 6.17. The van der Waals surface area contributed by atoms with Gasteiger partial charge in [-0.3, -0.25) is 4.79 Å². The van der Waals surface area contributed by atoms with Crippen molar-refractivity contribution < 1.29 is 4.79 Å². The van der Waals surface area contributed by atoms with E-state index in [1.165, 1.54) is 0 Å². The van der Waals surface area contributed by atoms with Gasteiger partial charge in [-0.2, -0.15) is 0 Å². The van der Waals surface area contributed by atoms with Crippen LogP contribution in [0, 0.1) is 0 Å². The van der Waals surface area contributed by atoms with Crippen molar-refractivity contribution in [2.45, 2.75) is 45.2 Å². The maximum absolute atomic E-state index is 11.9. The molecule has 18 heavy (non-hydrogen) atoms. The molecule has 0 spiro atoms. The number of hydrogen-bond donors (Lipinski definition) is 2. The lowest BCUT2D eigenvalue weighted by atomic mass is 9.94. The molecule has 0 aromatic heterocycles. The van der Waals surface area contributed by atoms with E-state index in [1.54, 1.807) is 0 Å². The summed E-state index contributed by atoms with van der Waals surface area (Å²) in [5, 5.41) is 3.02. The number of amides is 1. The van der Waals surface area contributed by atoms with Gasteiger partial charge >= 0.3 is 0 Å². The number of halogens is 1. The van der Waals surface area contributed by atoms with E-state index in [2.05, 4.69) is 21.2 Å². The van der Waals surface area contributed by atoms with Gasteiger partial charge in [-0.15, -0.1) is 0 Å². The predicted molar refractivity (Wildman–Crippen MR) is 78.2 cm³/mol. The Hall–Kier alpha value is -0.870. The quantitative estimate of drug-likeness (QED) is 0.878. The monoisotopic (exact) mass is 312 g/mol. The Morgan fingerprint density at radius 2 is 1.94 bits per heavy atom. The smallest absolute Gasteiger partial charge is 0.222 e. The number of nitrogens with one attached hydrogen (secondary N) is 1. The zero-order chi connectivity index (χ0) is 13.8. The van der Waals surface area contributed by atoms with E-state index in [0.717, 1.165) is 16.5 Å². The van der Waals surface area contributed by atoms with Crippen LogP contribution in [0.4, 0.5) is 0 Å². The molecule has 0 radical (unpaired) electrons. The Morgan fingerprint density at radius 3 is 2.44 bits per heavy atom. The molecule has 0 heterocycles. The Labute approximate surface area is 117 Å². The lowest BCUT2D eigenvalue weighted by Gasteiger charge is -2.27. The summed E-state index contributed by atoms with van der Waals surface area (Å²) in [5.74, 6) is -0.00253. The number of carbonyl (C=O) groups is 1. The maximum Gasteiger partial charge on any atom is 0.222 e. The molecular formula is C14H21BrN2O. The van der Waals surface area contributed by atoms with Crippen LogP contribution in [0.5, 0.6) is 0 Å². The minimum Gasteiger partial charge on any atom is -0.347 e. The van der Waals surface area contributed by atoms with Crippen LogP contribution in [0.1, 0.15) is 39.2 Å². The second-order valence-electron chi connectivity index (χ2n) is 5.05. The first-order chi connectivity index (χ1) is 8.35. The highest BCUT2D eigenvalue weighted by Gasteiger charge is 2.23. The molecule has 1 unspecified atom stereocenters. The van der Waals surface area contributed by atoms with Crippen molar-refractivity contribution in [1.82, 2.24) is 5.32 Å². The third kappa shape index (κ3) is 4.42. The van der Waals surface area contributed by atoms with E-state index < -0.39 is 0 Å². The Kier molecular flexibility index (Phi) is 5.35. The Morgan fingerprint density at radius 1 is 1.39 bits per heavy atom. The van der Waals surface area contributed by atoms with E-state index in [0.29, 0.717) is 6.42 Å². The first kappa shape index (κ1) is 15.2. The topological polar surface area (TPSA) is 55.1 Å². The second-order valence-corrected chi connectivity index (χ2v) is 5.97. The van der Waals surface area contributed by atoms with Crippen LogP contribution in [0.15, 0.2) is 28.7 Å². The lowest BCUT2D eigenvalue weighted by molar-refractivity contribution is -0.123. The molecule has 1 atom stereocenters. The molecule has 0 saturated heterocycles. The summed E-state index contributed by atoms with van der Waals surface area (Å²) < 4.78 is 1.03. The van der Waals surface area contributed by atoms with Crippen molar-refractivity contribution in [2.24, 2.45) is 5.73 Å². The fourth-order valence-electron chi connectivity index (χ4n) is 1.72. The largest absolute Gasteiger partial charge is 0.347 e. The average Bonchev–Trinajstić information content (AvgIpc) is 2.28. The molecule has 0 saturated carbocycles. The van der Waals surface area contributed by atoms with Gasteiger partial charge < -0.3 is 11.1 Å². The summed E-state index contributed by atoms with van der Waals surface area (Å²) in [6.45, 7) is 5.97. The van der Waals surface area contributed by atoms with Gasteiger partial charge in [-0.05, 0) is 38.0 Å². The Bertz CT molecular complexity index is 401. The SMILES string of the molecule is CCC(N)CC(=O)NC(C)(C)c1ccc(Br)cc1. The molecule has 0 aliphatic carbocycles. The van der Waals surface area contributed by atoms with Crippen LogP contribution in [0.3, 0.4) is 0 Å². The van der Waals surface area contributed by atoms with Crippen molar-refractivity contribution >= 4 is 21.8 Å². The van der Waals surface area contributed by atoms with Crippen molar-refractivity contribution in [3.8, 4) is 0 Å². The lowest BCUT2D eigenvalue weighted by Crippen LogP contribution is -2.43. The van der Waals surface area contributed by atoms with E-state index in [-0.39, 0.29) is 17.5 Å². The molecule has 1 amide bonds. The van der Waals surface area contributed by atoms with Crippen LogP contribution in [0.25, 0.3) is 0 Å². The first-order valence-corrected chi connectivity index (χ1v) is 6.97. The summed E-state index contributed by atoms with van der Waals surface area (Å²) >= 11 is 3.40. The van der Waals surface area contributed by atoms with Gasteiger partial charge in [0.15, 0.2) is 0 Å². The maximum atomic E-state index is 11.9. The standard InChI is InChI=1S/C14H21BrN2O/c1-4-12(16)9-13(18)17-14(2,3)10-5-7-11(15)8-6-10/h5-8,12H,4,9,16H2,1-3H3,(H,17,18). The van der Waals surface area contributed by atoms with Crippen LogP contribution in [-0.4, -0.2) is 11.9 Å². The van der Waals surface area contributed by atoms with Crippen molar-refractivity contribution in [3.05, 3.63) is 34.3 Å². The van der Waals surface area contributed by atoms with Gasteiger partial charge in [-0.25, -0.2) is 0 Å². The molecule has 3 N–H and O–H groups in total. The number of hydrogen-bond acceptors (Lipinski definition) is 2. The van der Waals surface area contributed by atoms with Gasteiger partial charge in [0, 0.05) is 16.9 Å². The van der Waals surface area contributed by atoms with Gasteiger partial charge in [0.1, 0.15) is 0 Å². The molecule has 3 nitrogen and oxygen atoms in total. The summed E-state index contributed by atoms with van der Waals surface area (Å²) in [6, 6.07) is 7.89. The fourth-order valence-corrected chi connectivity index (χ4v) is 1.99. The van der Waals surface area contributed by atoms with Crippen LogP contribution in [-0.2, 0) is 10.3 Å². The highest BCUT2D eigenvalue weighted by Crippen LogP contribution is 2.22. The molecule has 0 fully saturated rings. The van der Waals surface area contributed by atoms with Gasteiger partial charge in [0.05, 0.1) is 5.54 Å². The zero-order valence-electron chi connectivity index (χ0n) is 11.2. The number of rotatable bonds is 5. The van der Waals surface area contributed by atoms with E-state index in [9.17, 15) is 4.79 Å². The van der Waals surface area contributed by atoms with E-state index in [4.69, 9.17) is 5.73 Å². The summed E-state index contributed by atoms with van der Waals surface area (Å²) in [4.78, 5) is 11.9. The minimum atomic E-state index is -0.384. The fraction of sp³-hybridized carbons (Fsp3) is 0.500. The van der Waals surface area contributed by atoms with Crippen LogP contribution >= 0.6 is 15.9 Å². The summed E-state index contributed by atoms with van der Waals surface area (Å²) in [6.07, 6.45) is 1.18. The van der Waals surface area contributed by atoms with E-state index in [1.807, 2.05) is 45.0 Å². The third-order valence-corrected chi connectivity index (χ3v) is 3.52. The molecular weight excluding hydrogens is 292 g/mol. The van der Waals surface area contributed by atoms with E-state index >= 15 is 0 Å². The molecule has 100 valence electrons. The number of benzene rings is 1. The molecule has 1 rings (SSSR count). The van der Waals surface area contributed by atoms with Gasteiger partial charge in [0.25, 0.3) is 0 Å². The second kappa shape index (κ2) is 6.34. The highest BCUT2D eigenvalue weighted by molar-refractivity contribution is 9.10. The molecule has 0 aliphatic rings. The predicted octanol–water partition coefficient (Wildman–Crippen LogP) is 2.93. The minimum absolute atomic E-state index is 0.00253. The average molecular weight is 313 g/mol. The molecule has 1 aromatic carbocycles. The Balaban J connectivity index is 2.69.